The van der Waals surface area contributed by atoms with E-state index in [1.807, 2.05) is 36.4 Å². The highest BCUT2D eigenvalue weighted by atomic mass is 32.2. The van der Waals surface area contributed by atoms with Crippen LogP contribution in [0, 0.1) is 0 Å². The summed E-state index contributed by atoms with van der Waals surface area (Å²) in [6.07, 6.45) is 8.75. The van der Waals surface area contributed by atoms with Crippen LogP contribution in [0.5, 0.6) is 0 Å². The van der Waals surface area contributed by atoms with E-state index < -0.39 is 0 Å². The number of hydrogen-bond donors (Lipinski definition) is 4. The summed E-state index contributed by atoms with van der Waals surface area (Å²) in [6, 6.07) is 8.03. The van der Waals surface area contributed by atoms with Gasteiger partial charge in [0.05, 0.1) is 0 Å². The van der Waals surface area contributed by atoms with Gasteiger partial charge in [-0.1, -0.05) is 31.4 Å². The first kappa shape index (κ1) is 20.2. The number of benzene rings is 1. The fraction of sp³-hybridized carbons (Fsp3) is 0.105. The van der Waals surface area contributed by atoms with Crippen molar-refractivity contribution in [2.45, 2.75) is 12.7 Å². The molecule has 7 N–H and O–H groups in total. The van der Waals surface area contributed by atoms with Crippen LogP contribution in [-0.2, 0) is 5.75 Å². The number of thioether (sulfide) groups is 1. The molecule has 5 nitrogen and oxygen atoms in total. The molecule has 25 heavy (non-hydrogen) atoms. The molecule has 0 saturated heterocycles. The van der Waals surface area contributed by atoms with E-state index in [9.17, 15) is 0 Å². The first-order valence-corrected chi connectivity index (χ1v) is 8.59. The normalized spacial score (nSPS) is 13.1. The molecule has 0 aliphatic carbocycles. The molecule has 0 spiro atoms. The molecule has 6 heteroatoms. The van der Waals surface area contributed by atoms with E-state index in [0.717, 1.165) is 16.3 Å². The van der Waals surface area contributed by atoms with Crippen molar-refractivity contribution in [3.63, 3.8) is 0 Å². The van der Waals surface area contributed by atoms with Crippen molar-refractivity contribution in [2.75, 3.05) is 5.32 Å². The molecular weight excluding hydrogens is 330 g/mol. The Hall–Kier alpha value is -2.86. The molecule has 0 aromatic heterocycles. The third-order valence-corrected chi connectivity index (χ3v) is 3.96. The van der Waals surface area contributed by atoms with Gasteiger partial charge in [-0.15, -0.1) is 11.8 Å². The van der Waals surface area contributed by atoms with Gasteiger partial charge in [0.15, 0.2) is 0 Å². The van der Waals surface area contributed by atoms with Crippen LogP contribution in [0.4, 0.5) is 5.69 Å². The second-order valence-electron chi connectivity index (χ2n) is 5.12. The predicted octanol–water partition coefficient (Wildman–Crippen LogP) is 3.56. The van der Waals surface area contributed by atoms with Crippen LogP contribution < -0.4 is 22.5 Å². The SMILES string of the molecule is C=C/C=C(\C=C/N)SCc1ccc(N/C(N)=C/C(C)=N\C(=C)N)cc1. The lowest BCUT2D eigenvalue weighted by atomic mass is 10.2. The quantitative estimate of drug-likeness (QED) is 0.401. The summed E-state index contributed by atoms with van der Waals surface area (Å²) in [4.78, 5) is 5.08. The summed E-state index contributed by atoms with van der Waals surface area (Å²) in [5.41, 5.74) is 19.6. The average Bonchev–Trinajstić information content (AvgIpc) is 2.53. The van der Waals surface area contributed by atoms with E-state index in [1.54, 1.807) is 30.8 Å². The Kier molecular flexibility index (Phi) is 8.74. The number of nitrogens with two attached hydrogens (primary N) is 3. The maximum atomic E-state index is 5.94. The van der Waals surface area contributed by atoms with Crippen LogP contribution in [-0.4, -0.2) is 5.71 Å². The molecule has 0 fully saturated rings. The number of nitrogens with one attached hydrogen (secondary N) is 1. The lowest BCUT2D eigenvalue weighted by Crippen LogP contribution is -2.11. The van der Waals surface area contributed by atoms with E-state index in [4.69, 9.17) is 17.2 Å². The van der Waals surface area contributed by atoms with Crippen LogP contribution in [0.3, 0.4) is 0 Å². The minimum Gasteiger partial charge on any atom is -0.405 e. The largest absolute Gasteiger partial charge is 0.405 e. The van der Waals surface area contributed by atoms with Crippen molar-refractivity contribution in [1.82, 2.24) is 0 Å². The number of hydrogen-bond acceptors (Lipinski definition) is 6. The first-order valence-electron chi connectivity index (χ1n) is 7.61. The van der Waals surface area contributed by atoms with Crippen molar-refractivity contribution in [2.24, 2.45) is 22.2 Å². The summed E-state index contributed by atoms with van der Waals surface area (Å²) < 4.78 is 0. The number of rotatable bonds is 9. The van der Waals surface area contributed by atoms with Crippen LogP contribution in [0.25, 0.3) is 0 Å². The van der Waals surface area contributed by atoms with Crippen molar-refractivity contribution < 1.29 is 0 Å². The third-order valence-electron chi connectivity index (χ3n) is 2.88. The van der Waals surface area contributed by atoms with Crippen LogP contribution in [0.1, 0.15) is 12.5 Å². The van der Waals surface area contributed by atoms with Gasteiger partial charge in [-0.3, -0.25) is 0 Å². The van der Waals surface area contributed by atoms with E-state index in [1.165, 1.54) is 11.8 Å². The van der Waals surface area contributed by atoms with Gasteiger partial charge in [-0.2, -0.15) is 0 Å². The van der Waals surface area contributed by atoms with Gasteiger partial charge in [0.2, 0.25) is 0 Å². The lowest BCUT2D eigenvalue weighted by molar-refractivity contribution is 1.25. The molecule has 0 bridgehead atoms. The highest BCUT2D eigenvalue weighted by Crippen LogP contribution is 2.23. The summed E-state index contributed by atoms with van der Waals surface area (Å²) in [6.45, 7) is 9.03. The third kappa shape index (κ3) is 8.53. The molecule has 0 radical (unpaired) electrons. The van der Waals surface area contributed by atoms with Crippen molar-refractivity contribution in [1.29, 1.82) is 0 Å². The van der Waals surface area contributed by atoms with E-state index in [2.05, 4.69) is 23.5 Å². The van der Waals surface area contributed by atoms with Gasteiger partial charge in [0.1, 0.15) is 11.6 Å². The summed E-state index contributed by atoms with van der Waals surface area (Å²) in [5, 5.41) is 3.11. The Bertz CT molecular complexity index is 712. The van der Waals surface area contributed by atoms with Gasteiger partial charge < -0.3 is 22.5 Å². The zero-order chi connectivity index (χ0) is 18.7. The topological polar surface area (TPSA) is 102 Å². The monoisotopic (exact) mass is 355 g/mol. The minimum absolute atomic E-state index is 0.248. The molecule has 0 heterocycles. The molecule has 0 amide bonds. The molecule has 132 valence electrons. The van der Waals surface area contributed by atoms with E-state index >= 15 is 0 Å². The van der Waals surface area contributed by atoms with E-state index in [-0.39, 0.29) is 5.82 Å². The summed E-state index contributed by atoms with van der Waals surface area (Å²) in [5.74, 6) is 1.56. The molecule has 0 aliphatic heterocycles. The van der Waals surface area contributed by atoms with Gasteiger partial charge >= 0.3 is 0 Å². The molecule has 0 saturated carbocycles. The van der Waals surface area contributed by atoms with Crippen LogP contribution >= 0.6 is 11.8 Å². The molecule has 1 rings (SSSR count). The molecule has 1 aromatic carbocycles. The molecular formula is C19H25N5S. The van der Waals surface area contributed by atoms with Gasteiger partial charge in [0.25, 0.3) is 0 Å². The average molecular weight is 356 g/mol. The van der Waals surface area contributed by atoms with Gasteiger partial charge in [-0.25, -0.2) is 4.99 Å². The van der Waals surface area contributed by atoms with Gasteiger partial charge in [-0.05, 0) is 49.0 Å². The van der Waals surface area contributed by atoms with Crippen molar-refractivity contribution in [3.8, 4) is 0 Å². The second kappa shape index (κ2) is 10.8. The van der Waals surface area contributed by atoms with Crippen molar-refractivity contribution >= 4 is 23.2 Å². The fourth-order valence-electron chi connectivity index (χ4n) is 1.90. The number of aliphatic imine (C=N–C) groups is 1. The van der Waals surface area contributed by atoms with Crippen LogP contribution in [0.2, 0.25) is 0 Å². The lowest BCUT2D eigenvalue weighted by Gasteiger charge is -2.08. The Morgan fingerprint density at radius 3 is 2.52 bits per heavy atom. The van der Waals surface area contributed by atoms with E-state index in [0.29, 0.717) is 11.5 Å². The van der Waals surface area contributed by atoms with Gasteiger partial charge in [0, 0.05) is 22.1 Å². The highest BCUT2D eigenvalue weighted by Gasteiger charge is 1.99. The number of anilines is 1. The molecule has 0 unspecified atom stereocenters. The Balaban J connectivity index is 2.67. The zero-order valence-corrected chi connectivity index (χ0v) is 15.2. The summed E-state index contributed by atoms with van der Waals surface area (Å²) >= 11 is 1.69. The Labute approximate surface area is 153 Å². The second-order valence-corrected chi connectivity index (χ2v) is 6.17. The standard InChI is InChI=1S/C19H25N5S/c1-4-5-18(10-11-20)25-13-16-6-8-17(9-7-16)24-19(22)12-14(2)23-15(3)21/h4-12,24H,1,3,13,20-22H2,2H3/b11-10-,18-5+,19-12+,23-14-. The van der Waals surface area contributed by atoms with Crippen LogP contribution in [0.15, 0.2) is 89.5 Å². The van der Waals surface area contributed by atoms with Crippen molar-refractivity contribution in [3.05, 3.63) is 90.0 Å². The highest BCUT2D eigenvalue weighted by molar-refractivity contribution is 8.02. The molecule has 1 aromatic rings. The predicted molar refractivity (Wildman–Crippen MR) is 112 cm³/mol. The first-order chi connectivity index (χ1) is 11.9. The fourth-order valence-corrected chi connectivity index (χ4v) is 2.79. The maximum Gasteiger partial charge on any atom is 0.116 e. The molecule has 0 aliphatic rings. The smallest absolute Gasteiger partial charge is 0.116 e. The Morgan fingerprint density at radius 2 is 1.96 bits per heavy atom. The number of allylic oxidation sites excluding steroid dienone is 4. The molecule has 0 atom stereocenters. The number of nitrogens with zero attached hydrogens (tertiary/aromatic N) is 1. The maximum absolute atomic E-state index is 5.94. The Morgan fingerprint density at radius 1 is 1.28 bits per heavy atom. The minimum atomic E-state index is 0.248. The zero-order valence-electron chi connectivity index (χ0n) is 14.4. The summed E-state index contributed by atoms with van der Waals surface area (Å²) in [7, 11) is 0.